The lowest BCUT2D eigenvalue weighted by molar-refractivity contribution is 0.284. The molecule has 0 fully saturated rings. The molecule has 3 aromatic rings. The number of hydrogen-bond acceptors (Lipinski definition) is 6. The Labute approximate surface area is 204 Å². The molecular weight excluding hydrogens is 455 g/mol. The smallest absolute Gasteiger partial charge is 0.107 e. The summed E-state index contributed by atoms with van der Waals surface area (Å²) in [6.45, 7) is 5.37. The molecule has 0 aliphatic rings. The van der Waals surface area contributed by atoms with Crippen molar-refractivity contribution in [1.82, 2.24) is 20.6 Å². The van der Waals surface area contributed by atoms with Crippen LogP contribution in [0.5, 0.6) is 0 Å². The molecule has 0 bridgehead atoms. The van der Waals surface area contributed by atoms with E-state index in [1.165, 1.54) is 5.56 Å². The first-order valence-corrected chi connectivity index (χ1v) is 11.6. The van der Waals surface area contributed by atoms with E-state index in [4.69, 9.17) is 36.7 Å². The summed E-state index contributed by atoms with van der Waals surface area (Å²) in [5.41, 5.74) is 4.22. The van der Waals surface area contributed by atoms with Crippen molar-refractivity contribution < 1.29 is 0 Å². The number of aromatic nitrogens is 2. The van der Waals surface area contributed by atoms with Crippen LogP contribution in [0.25, 0.3) is 0 Å². The molecule has 0 saturated carbocycles. The highest BCUT2D eigenvalue weighted by Crippen LogP contribution is 2.23. The highest BCUT2D eigenvalue weighted by Gasteiger charge is 2.24. The number of aliphatic imine (C=N–C) groups is 1. The molecule has 0 radical (unpaired) electrons. The lowest BCUT2D eigenvalue weighted by atomic mass is 9.83. The van der Waals surface area contributed by atoms with Gasteiger partial charge in [-0.15, -0.1) is 0 Å². The SMILES string of the molecule is CC(CNCc1ccc[nH]c1=S)(CNCc1ccc[nH]c1=S)Cc1ccc(N=C=S)cc1. The van der Waals surface area contributed by atoms with E-state index in [-0.39, 0.29) is 5.41 Å². The molecule has 4 N–H and O–H groups in total. The van der Waals surface area contributed by atoms with Gasteiger partial charge in [-0.3, -0.25) is 0 Å². The highest BCUT2D eigenvalue weighted by molar-refractivity contribution is 7.78. The first kappa shape index (κ1) is 24.3. The monoisotopic (exact) mass is 481 g/mol. The Morgan fingerprint density at radius 1 is 0.875 bits per heavy atom. The average molecular weight is 482 g/mol. The van der Waals surface area contributed by atoms with Crippen molar-refractivity contribution in [3.05, 3.63) is 86.9 Å². The number of hydrogen-bond donors (Lipinski definition) is 4. The predicted octanol–water partition coefficient (Wildman–Crippen LogP) is 5.66. The Bertz CT molecular complexity index is 1120. The summed E-state index contributed by atoms with van der Waals surface area (Å²) in [7, 11) is 0. The van der Waals surface area contributed by atoms with Gasteiger partial charge in [0.2, 0.25) is 0 Å². The van der Waals surface area contributed by atoms with Crippen LogP contribution in [-0.4, -0.2) is 28.2 Å². The molecule has 0 saturated heterocycles. The number of benzene rings is 1. The molecule has 166 valence electrons. The molecule has 32 heavy (non-hydrogen) atoms. The Morgan fingerprint density at radius 2 is 1.41 bits per heavy atom. The number of nitrogens with one attached hydrogen (secondary N) is 4. The lowest BCUT2D eigenvalue weighted by Crippen LogP contribution is -2.41. The van der Waals surface area contributed by atoms with Gasteiger partial charge in [-0.25, -0.2) is 0 Å². The van der Waals surface area contributed by atoms with E-state index in [2.05, 4.69) is 49.8 Å². The fraction of sp³-hybridized carbons (Fsp3) is 0.292. The number of aromatic amines is 2. The van der Waals surface area contributed by atoms with E-state index in [0.717, 1.165) is 58.7 Å². The Balaban J connectivity index is 1.68. The van der Waals surface area contributed by atoms with Crippen molar-refractivity contribution in [2.45, 2.75) is 26.4 Å². The van der Waals surface area contributed by atoms with Gasteiger partial charge in [0.1, 0.15) is 9.28 Å². The number of rotatable bonds is 11. The van der Waals surface area contributed by atoms with Crippen LogP contribution in [0.3, 0.4) is 0 Å². The topological polar surface area (TPSA) is 68.0 Å². The van der Waals surface area contributed by atoms with Crippen LogP contribution in [0.1, 0.15) is 23.6 Å². The third-order valence-electron chi connectivity index (χ3n) is 5.28. The summed E-state index contributed by atoms with van der Waals surface area (Å²) in [5.74, 6) is 0. The summed E-state index contributed by atoms with van der Waals surface area (Å²) in [6.07, 6.45) is 4.61. The van der Waals surface area contributed by atoms with Gasteiger partial charge in [0, 0.05) is 49.7 Å². The Kier molecular flexibility index (Phi) is 9.17. The zero-order valence-electron chi connectivity index (χ0n) is 18.0. The minimum absolute atomic E-state index is 0.0326. The maximum Gasteiger partial charge on any atom is 0.107 e. The van der Waals surface area contributed by atoms with Crippen LogP contribution in [0.4, 0.5) is 5.69 Å². The van der Waals surface area contributed by atoms with Crippen LogP contribution in [-0.2, 0) is 19.5 Å². The largest absolute Gasteiger partial charge is 0.353 e. The summed E-state index contributed by atoms with van der Waals surface area (Å²) in [5, 5.41) is 9.61. The molecule has 8 heteroatoms. The average Bonchev–Trinajstić information content (AvgIpc) is 2.78. The second kappa shape index (κ2) is 12.1. The zero-order chi connectivity index (χ0) is 22.8. The Hall–Kier alpha value is -2.32. The highest BCUT2D eigenvalue weighted by atomic mass is 32.1. The van der Waals surface area contributed by atoms with Crippen LogP contribution in [0.15, 0.2) is 65.9 Å². The maximum absolute atomic E-state index is 5.39. The van der Waals surface area contributed by atoms with E-state index >= 15 is 0 Å². The van der Waals surface area contributed by atoms with E-state index in [1.54, 1.807) is 0 Å². The number of isothiocyanates is 1. The van der Waals surface area contributed by atoms with E-state index in [1.807, 2.05) is 48.8 Å². The van der Waals surface area contributed by atoms with Crippen molar-refractivity contribution >= 4 is 47.5 Å². The van der Waals surface area contributed by atoms with Gasteiger partial charge >= 0.3 is 0 Å². The Morgan fingerprint density at radius 3 is 1.88 bits per heavy atom. The summed E-state index contributed by atoms with van der Waals surface area (Å²) < 4.78 is 1.54. The van der Waals surface area contributed by atoms with Crippen LogP contribution < -0.4 is 10.6 Å². The molecule has 0 amide bonds. The molecule has 0 unspecified atom stereocenters. The zero-order valence-corrected chi connectivity index (χ0v) is 20.4. The van der Waals surface area contributed by atoms with E-state index < -0.39 is 0 Å². The second-order valence-corrected chi connectivity index (χ2v) is 9.11. The van der Waals surface area contributed by atoms with Crippen molar-refractivity contribution in [3.63, 3.8) is 0 Å². The number of thiocarbonyl (C=S) groups is 1. The van der Waals surface area contributed by atoms with Gasteiger partial charge in [-0.1, -0.05) is 55.6 Å². The molecule has 0 spiro atoms. The fourth-order valence-corrected chi connectivity index (χ4v) is 4.13. The third kappa shape index (κ3) is 7.38. The molecule has 0 aliphatic heterocycles. The molecule has 3 rings (SSSR count). The first-order valence-electron chi connectivity index (χ1n) is 10.4. The molecule has 2 aromatic heterocycles. The molecule has 2 heterocycles. The third-order valence-corrected chi connectivity index (χ3v) is 6.13. The van der Waals surface area contributed by atoms with Crippen molar-refractivity contribution in [1.29, 1.82) is 0 Å². The van der Waals surface area contributed by atoms with Gasteiger partial charge in [0.15, 0.2) is 0 Å². The van der Waals surface area contributed by atoms with Crippen LogP contribution in [0, 0.1) is 14.7 Å². The van der Waals surface area contributed by atoms with Gasteiger partial charge in [-0.05, 0) is 53.9 Å². The van der Waals surface area contributed by atoms with Crippen molar-refractivity contribution in [3.8, 4) is 0 Å². The molecule has 0 atom stereocenters. The summed E-state index contributed by atoms with van der Waals surface area (Å²) >= 11 is 15.5. The van der Waals surface area contributed by atoms with Gasteiger partial charge in [0.25, 0.3) is 0 Å². The predicted molar refractivity (Wildman–Crippen MR) is 140 cm³/mol. The van der Waals surface area contributed by atoms with Crippen molar-refractivity contribution in [2.24, 2.45) is 10.4 Å². The minimum atomic E-state index is -0.0326. The standard InChI is InChI=1S/C24H27N5S3/c1-24(12-18-6-8-21(9-7-18)29-17-30,15-25-13-19-4-2-10-27-22(19)31)16-26-14-20-5-3-11-28-23(20)32/h2-11,25-26H,12-16H2,1H3,(H,27,31)(H,28,32). The van der Waals surface area contributed by atoms with Gasteiger partial charge < -0.3 is 20.6 Å². The summed E-state index contributed by atoms with van der Waals surface area (Å²) in [6, 6.07) is 16.2. The second-order valence-electron chi connectivity index (χ2n) is 8.11. The molecule has 1 aromatic carbocycles. The van der Waals surface area contributed by atoms with Gasteiger partial charge in [-0.2, -0.15) is 4.99 Å². The number of pyridine rings is 2. The minimum Gasteiger partial charge on any atom is -0.353 e. The van der Waals surface area contributed by atoms with Crippen LogP contribution >= 0.6 is 36.7 Å². The van der Waals surface area contributed by atoms with E-state index in [9.17, 15) is 0 Å². The van der Waals surface area contributed by atoms with Gasteiger partial charge in [0.05, 0.1) is 10.8 Å². The first-order chi connectivity index (χ1) is 15.5. The fourth-order valence-electron chi connectivity index (χ4n) is 3.61. The molecular formula is C24H27N5S3. The quantitative estimate of drug-likeness (QED) is 0.210. The molecule has 0 aliphatic carbocycles. The number of H-pyrrole nitrogens is 2. The van der Waals surface area contributed by atoms with E-state index in [0.29, 0.717) is 0 Å². The maximum atomic E-state index is 5.39. The lowest BCUT2D eigenvalue weighted by Gasteiger charge is -2.31. The summed E-state index contributed by atoms with van der Waals surface area (Å²) in [4.78, 5) is 10.2. The van der Waals surface area contributed by atoms with Crippen molar-refractivity contribution in [2.75, 3.05) is 13.1 Å². The van der Waals surface area contributed by atoms with Crippen LogP contribution in [0.2, 0.25) is 0 Å². The molecule has 5 nitrogen and oxygen atoms in total. The normalized spacial score (nSPS) is 11.2. The number of nitrogens with zero attached hydrogens (tertiary/aromatic N) is 1.